The Kier molecular flexibility index (Phi) is 7.47. The molecule has 28 heavy (non-hydrogen) atoms. The van der Waals surface area contributed by atoms with Crippen LogP contribution in [0, 0.1) is 23.5 Å². The van der Waals surface area contributed by atoms with E-state index in [1.54, 1.807) is 13.0 Å². The smallest absolute Gasteiger partial charge is 0.201 e. The van der Waals surface area contributed by atoms with Crippen LogP contribution in [-0.4, -0.2) is 6.61 Å². The summed E-state index contributed by atoms with van der Waals surface area (Å²) in [7, 11) is 0. The summed E-state index contributed by atoms with van der Waals surface area (Å²) in [5, 5.41) is 0. The lowest BCUT2D eigenvalue weighted by Gasteiger charge is -2.28. The zero-order valence-corrected chi connectivity index (χ0v) is 17.1. The van der Waals surface area contributed by atoms with Crippen molar-refractivity contribution in [2.75, 3.05) is 6.61 Å². The van der Waals surface area contributed by atoms with E-state index in [0.29, 0.717) is 12.2 Å². The number of hydrogen-bond donors (Lipinski definition) is 0. The van der Waals surface area contributed by atoms with Gasteiger partial charge in [0.2, 0.25) is 5.82 Å². The van der Waals surface area contributed by atoms with Crippen LogP contribution in [-0.2, 0) is 6.42 Å². The van der Waals surface area contributed by atoms with E-state index in [-0.39, 0.29) is 11.3 Å². The van der Waals surface area contributed by atoms with Crippen molar-refractivity contribution in [1.29, 1.82) is 0 Å². The first-order valence-electron chi connectivity index (χ1n) is 10.8. The van der Waals surface area contributed by atoms with Gasteiger partial charge in [0, 0.05) is 5.56 Å². The van der Waals surface area contributed by atoms with Crippen molar-refractivity contribution in [3.63, 3.8) is 0 Å². The van der Waals surface area contributed by atoms with Gasteiger partial charge in [0.25, 0.3) is 0 Å². The molecule has 0 unspecified atom stereocenters. The first-order chi connectivity index (χ1) is 13.6. The van der Waals surface area contributed by atoms with Crippen LogP contribution in [0.1, 0.15) is 64.4 Å². The van der Waals surface area contributed by atoms with Gasteiger partial charge in [0.05, 0.1) is 6.61 Å². The van der Waals surface area contributed by atoms with E-state index in [0.717, 1.165) is 18.3 Å². The second-order valence-corrected chi connectivity index (χ2v) is 8.08. The first-order valence-corrected chi connectivity index (χ1v) is 10.8. The fraction of sp³-hybridized carbons (Fsp3) is 0.520. The van der Waals surface area contributed by atoms with Gasteiger partial charge < -0.3 is 4.74 Å². The molecule has 0 heterocycles. The molecule has 0 radical (unpaired) electrons. The maximum atomic E-state index is 14.4. The number of benzene rings is 2. The highest BCUT2D eigenvalue weighted by molar-refractivity contribution is 5.65. The molecule has 1 nitrogen and oxygen atoms in total. The minimum absolute atomic E-state index is 0.0333. The Morgan fingerprint density at radius 3 is 2.07 bits per heavy atom. The molecule has 1 fully saturated rings. The van der Waals surface area contributed by atoms with E-state index in [2.05, 4.69) is 6.92 Å². The molecule has 0 saturated heterocycles. The summed E-state index contributed by atoms with van der Waals surface area (Å²) in [6.45, 7) is 4.34. The largest absolute Gasteiger partial charge is 0.491 e. The van der Waals surface area contributed by atoms with Crippen molar-refractivity contribution >= 4 is 0 Å². The van der Waals surface area contributed by atoms with Crippen molar-refractivity contribution in [2.45, 2.75) is 65.2 Å². The van der Waals surface area contributed by atoms with E-state index in [1.807, 2.05) is 24.3 Å². The van der Waals surface area contributed by atoms with Crippen LogP contribution in [0.5, 0.6) is 5.75 Å². The molecule has 1 saturated carbocycles. The molecular weight excluding hydrogens is 354 g/mol. The van der Waals surface area contributed by atoms with E-state index in [1.165, 1.54) is 56.6 Å². The second kappa shape index (κ2) is 10.0. The summed E-state index contributed by atoms with van der Waals surface area (Å²) in [4.78, 5) is 0. The average molecular weight is 387 g/mol. The monoisotopic (exact) mass is 386 g/mol. The highest BCUT2D eigenvalue weighted by Gasteiger charge is 2.20. The maximum Gasteiger partial charge on any atom is 0.201 e. The first kappa shape index (κ1) is 20.8. The fourth-order valence-corrected chi connectivity index (χ4v) is 4.46. The molecule has 0 amide bonds. The Morgan fingerprint density at radius 2 is 1.46 bits per heavy atom. The summed E-state index contributed by atoms with van der Waals surface area (Å²) in [6, 6.07) is 11.0. The molecule has 0 aliphatic heterocycles. The number of ether oxygens (including phenoxy) is 1. The highest BCUT2D eigenvalue weighted by Crippen LogP contribution is 2.34. The maximum absolute atomic E-state index is 14.4. The molecule has 2 aromatic carbocycles. The van der Waals surface area contributed by atoms with Gasteiger partial charge in [-0.25, -0.2) is 4.39 Å². The zero-order chi connectivity index (χ0) is 19.9. The zero-order valence-electron chi connectivity index (χ0n) is 17.1. The SMILES string of the molecule is CCCC1CCC(CCc2ccc(-c3ccc(OCC)c(F)c3F)cc2)CC1. The predicted molar refractivity (Wildman–Crippen MR) is 112 cm³/mol. The van der Waals surface area contributed by atoms with Crippen molar-refractivity contribution < 1.29 is 13.5 Å². The summed E-state index contributed by atoms with van der Waals surface area (Å²) in [5.74, 6) is -0.00552. The molecule has 0 spiro atoms. The molecule has 0 N–H and O–H groups in total. The minimum Gasteiger partial charge on any atom is -0.491 e. The Hall–Kier alpha value is -1.90. The van der Waals surface area contributed by atoms with Crippen molar-refractivity contribution in [2.24, 2.45) is 11.8 Å². The summed E-state index contributed by atoms with van der Waals surface area (Å²) < 4.78 is 33.6. The van der Waals surface area contributed by atoms with Gasteiger partial charge in [-0.1, -0.05) is 69.7 Å². The number of aryl methyl sites for hydroxylation is 1. The lowest BCUT2D eigenvalue weighted by atomic mass is 9.78. The molecule has 1 aliphatic rings. The van der Waals surface area contributed by atoms with Gasteiger partial charge in [-0.05, 0) is 54.9 Å². The van der Waals surface area contributed by atoms with E-state index in [4.69, 9.17) is 4.74 Å². The predicted octanol–water partition coefficient (Wildman–Crippen LogP) is 7.57. The lowest BCUT2D eigenvalue weighted by Crippen LogP contribution is -2.15. The van der Waals surface area contributed by atoms with Gasteiger partial charge in [-0.15, -0.1) is 0 Å². The van der Waals surface area contributed by atoms with Gasteiger partial charge in [0.15, 0.2) is 11.6 Å². The van der Waals surface area contributed by atoms with Crippen LogP contribution >= 0.6 is 0 Å². The molecule has 3 heteroatoms. The van der Waals surface area contributed by atoms with Crippen LogP contribution in [0.3, 0.4) is 0 Å². The van der Waals surface area contributed by atoms with Gasteiger partial charge in [-0.2, -0.15) is 4.39 Å². The average Bonchev–Trinajstić information content (AvgIpc) is 2.72. The summed E-state index contributed by atoms with van der Waals surface area (Å²) in [5.41, 5.74) is 2.25. The van der Waals surface area contributed by atoms with E-state index in [9.17, 15) is 8.78 Å². The lowest BCUT2D eigenvalue weighted by molar-refractivity contribution is 0.252. The van der Waals surface area contributed by atoms with Crippen LogP contribution in [0.4, 0.5) is 8.78 Å². The molecule has 0 atom stereocenters. The number of rotatable bonds is 8. The Bertz CT molecular complexity index is 746. The molecular formula is C25H32F2O. The molecule has 1 aliphatic carbocycles. The van der Waals surface area contributed by atoms with Crippen molar-refractivity contribution in [1.82, 2.24) is 0 Å². The van der Waals surface area contributed by atoms with Gasteiger partial charge in [-0.3, -0.25) is 0 Å². The Balaban J connectivity index is 1.58. The van der Waals surface area contributed by atoms with Crippen molar-refractivity contribution in [3.05, 3.63) is 53.6 Å². The second-order valence-electron chi connectivity index (χ2n) is 8.08. The standard InChI is InChI=1S/C25H32F2O/c1-3-5-18-6-8-19(9-7-18)10-11-20-12-14-21(15-13-20)22-16-17-23(28-4-2)25(27)24(22)26/h12-19H,3-11H2,1-2H3. The van der Waals surface area contributed by atoms with Crippen LogP contribution in [0.25, 0.3) is 11.1 Å². The van der Waals surface area contributed by atoms with Crippen LogP contribution in [0.2, 0.25) is 0 Å². The van der Waals surface area contributed by atoms with Crippen LogP contribution < -0.4 is 4.74 Å². The topological polar surface area (TPSA) is 9.23 Å². The molecule has 0 bridgehead atoms. The Morgan fingerprint density at radius 1 is 0.821 bits per heavy atom. The summed E-state index contributed by atoms with van der Waals surface area (Å²) in [6.07, 6.45) is 10.5. The molecule has 152 valence electrons. The fourth-order valence-electron chi connectivity index (χ4n) is 4.46. The number of halogens is 2. The molecule has 0 aromatic heterocycles. The quantitative estimate of drug-likeness (QED) is 0.454. The third-order valence-electron chi connectivity index (χ3n) is 6.12. The summed E-state index contributed by atoms with van der Waals surface area (Å²) >= 11 is 0. The van der Waals surface area contributed by atoms with Gasteiger partial charge >= 0.3 is 0 Å². The third kappa shape index (κ3) is 5.12. The van der Waals surface area contributed by atoms with E-state index >= 15 is 0 Å². The minimum atomic E-state index is -0.915. The third-order valence-corrected chi connectivity index (χ3v) is 6.12. The molecule has 2 aromatic rings. The number of hydrogen-bond acceptors (Lipinski definition) is 1. The van der Waals surface area contributed by atoms with Crippen molar-refractivity contribution in [3.8, 4) is 16.9 Å². The highest BCUT2D eigenvalue weighted by atomic mass is 19.2. The van der Waals surface area contributed by atoms with Gasteiger partial charge in [0.1, 0.15) is 0 Å². The molecule has 3 rings (SSSR count). The van der Waals surface area contributed by atoms with Crippen LogP contribution in [0.15, 0.2) is 36.4 Å². The van der Waals surface area contributed by atoms with E-state index < -0.39 is 11.6 Å². The normalized spacial score (nSPS) is 19.6. The Labute approximate surface area is 168 Å².